The van der Waals surface area contributed by atoms with Crippen LogP contribution in [-0.4, -0.2) is 9.55 Å². The molecule has 0 amide bonds. The Morgan fingerprint density at radius 2 is 1.23 bits per heavy atom. The monoisotopic (exact) mass is 638 g/mol. The maximum atomic E-state index is 6.46. The Morgan fingerprint density at radius 3 is 2.08 bits per heavy atom. The van der Waals surface area contributed by atoms with Crippen LogP contribution in [0.25, 0.3) is 38.8 Å². The predicted octanol–water partition coefficient (Wildman–Crippen LogP) is 11.4. The van der Waals surface area contributed by atoms with Crippen LogP contribution >= 0.6 is 11.8 Å². The van der Waals surface area contributed by atoms with Crippen molar-refractivity contribution >= 4 is 56.3 Å². The van der Waals surface area contributed by atoms with Crippen LogP contribution in [0.5, 0.6) is 0 Å². The van der Waals surface area contributed by atoms with Gasteiger partial charge in [0.05, 0.1) is 33.8 Å². The molecular weight excluding hydrogens is 609 g/mol. The number of benzene rings is 6. The number of aromatic nitrogens is 2. The van der Waals surface area contributed by atoms with E-state index in [4.69, 9.17) is 9.92 Å². The molecule has 0 N–H and O–H groups in total. The summed E-state index contributed by atoms with van der Waals surface area (Å²) in [5.41, 5.74) is 9.81. The number of anilines is 4. The van der Waals surface area contributed by atoms with Gasteiger partial charge < -0.3 is 0 Å². The highest BCUT2D eigenvalue weighted by molar-refractivity contribution is 7.99. The number of pyridine rings is 1. The standard InChI is InChI=1S/C42H30N4OS/c1-29-12-5-6-17-35(29)30-24-25-43-42(26-30)44-38-19-8-7-18-36(38)37-23-22-34(28-41(37)44)48-33-16-11-15-32(27-33)46-40-21-10-9-20-39(40)45(47-46)31-13-3-2-4-14-31/h2-28H,1H3. The average Bonchev–Trinajstić information content (AvgIpc) is 3.69. The summed E-state index contributed by atoms with van der Waals surface area (Å²) in [5.74, 6) is 0.902. The van der Waals surface area contributed by atoms with Crippen molar-refractivity contribution in [1.82, 2.24) is 9.55 Å². The van der Waals surface area contributed by atoms with Gasteiger partial charge in [-0.1, -0.05) is 96.7 Å². The number of para-hydroxylation sites is 4. The number of nitrogens with zero attached hydrogens (tertiary/aromatic N) is 4. The van der Waals surface area contributed by atoms with E-state index in [1.54, 1.807) is 11.8 Å². The molecule has 9 rings (SSSR count). The number of rotatable bonds is 6. The van der Waals surface area contributed by atoms with E-state index >= 15 is 0 Å². The highest BCUT2D eigenvalue weighted by Crippen LogP contribution is 2.46. The summed E-state index contributed by atoms with van der Waals surface area (Å²) in [7, 11) is 0. The first-order valence-electron chi connectivity index (χ1n) is 16.0. The van der Waals surface area contributed by atoms with Gasteiger partial charge in [0.1, 0.15) is 5.82 Å². The third kappa shape index (κ3) is 4.90. The fourth-order valence-corrected chi connectivity index (χ4v) is 7.49. The third-order valence-corrected chi connectivity index (χ3v) is 9.82. The normalized spacial score (nSPS) is 12.6. The third-order valence-electron chi connectivity index (χ3n) is 8.84. The van der Waals surface area contributed by atoms with E-state index in [1.165, 1.54) is 21.9 Å². The number of hydrogen-bond donors (Lipinski definition) is 0. The van der Waals surface area contributed by atoms with E-state index in [1.807, 2.05) is 46.7 Å². The Morgan fingerprint density at radius 1 is 0.542 bits per heavy atom. The molecule has 0 atom stereocenters. The maximum absolute atomic E-state index is 6.46. The van der Waals surface area contributed by atoms with Gasteiger partial charge in [0.25, 0.3) is 0 Å². The summed E-state index contributed by atoms with van der Waals surface area (Å²) < 4.78 is 2.29. The zero-order chi connectivity index (χ0) is 32.0. The molecule has 0 radical (unpaired) electrons. The van der Waals surface area contributed by atoms with E-state index in [2.05, 4.69) is 139 Å². The Balaban J connectivity index is 1.09. The largest absolute Gasteiger partial charge is 0.294 e. The lowest BCUT2D eigenvalue weighted by Crippen LogP contribution is -2.20. The molecule has 8 aromatic rings. The predicted molar refractivity (Wildman–Crippen MR) is 198 cm³/mol. The van der Waals surface area contributed by atoms with Gasteiger partial charge in [-0.2, -0.15) is 10.1 Å². The van der Waals surface area contributed by atoms with Crippen molar-refractivity contribution in [3.05, 3.63) is 169 Å². The summed E-state index contributed by atoms with van der Waals surface area (Å²) >= 11 is 1.74. The Bertz CT molecular complexity index is 2460. The zero-order valence-electron chi connectivity index (χ0n) is 26.2. The van der Waals surface area contributed by atoms with Gasteiger partial charge in [-0.15, -0.1) is 4.94 Å². The zero-order valence-corrected chi connectivity index (χ0v) is 27.0. The summed E-state index contributed by atoms with van der Waals surface area (Å²) in [6.07, 6.45) is 1.92. The van der Waals surface area contributed by atoms with Crippen molar-refractivity contribution in [2.75, 3.05) is 10.1 Å². The van der Waals surface area contributed by atoms with Crippen molar-refractivity contribution in [1.29, 1.82) is 0 Å². The van der Waals surface area contributed by atoms with E-state index in [0.29, 0.717) is 0 Å². The summed E-state index contributed by atoms with van der Waals surface area (Å²) in [6.45, 7) is 2.16. The van der Waals surface area contributed by atoms with E-state index in [-0.39, 0.29) is 0 Å². The van der Waals surface area contributed by atoms with Gasteiger partial charge in [0, 0.05) is 26.8 Å². The lowest BCUT2D eigenvalue weighted by Gasteiger charge is -2.20. The molecule has 3 heterocycles. The van der Waals surface area contributed by atoms with Crippen LogP contribution in [0.2, 0.25) is 0 Å². The highest BCUT2D eigenvalue weighted by Gasteiger charge is 2.30. The Hall–Kier alpha value is -5.82. The summed E-state index contributed by atoms with van der Waals surface area (Å²) in [4.78, 5) is 13.6. The first kappa shape index (κ1) is 28.4. The van der Waals surface area contributed by atoms with Gasteiger partial charge >= 0.3 is 0 Å². The molecule has 6 aromatic carbocycles. The average molecular weight is 639 g/mol. The maximum Gasteiger partial charge on any atom is 0.138 e. The first-order valence-corrected chi connectivity index (χ1v) is 16.8. The molecule has 0 unspecified atom stereocenters. The fraction of sp³-hybridized carbons (Fsp3) is 0.0238. The van der Waals surface area contributed by atoms with Crippen LogP contribution in [-0.2, 0) is 4.94 Å². The minimum absolute atomic E-state index is 0.902. The van der Waals surface area contributed by atoms with Crippen LogP contribution in [0, 0.1) is 6.92 Å². The Kier molecular flexibility index (Phi) is 6.96. The highest BCUT2D eigenvalue weighted by atomic mass is 32.2. The lowest BCUT2D eigenvalue weighted by molar-refractivity contribution is 0.156. The van der Waals surface area contributed by atoms with E-state index < -0.39 is 0 Å². The van der Waals surface area contributed by atoms with E-state index in [0.717, 1.165) is 55.0 Å². The number of hydrogen-bond acceptors (Lipinski definition) is 5. The van der Waals surface area contributed by atoms with Gasteiger partial charge in [-0.25, -0.2) is 4.98 Å². The summed E-state index contributed by atoms with van der Waals surface area (Å²) in [5, 5.41) is 6.20. The smallest absolute Gasteiger partial charge is 0.138 e. The second kappa shape index (κ2) is 11.8. The molecule has 1 aliphatic rings. The topological polar surface area (TPSA) is 33.5 Å². The molecule has 0 bridgehead atoms. The van der Waals surface area contributed by atoms with Crippen molar-refractivity contribution < 1.29 is 4.94 Å². The van der Waals surface area contributed by atoms with Crippen molar-refractivity contribution in [3.63, 3.8) is 0 Å². The van der Waals surface area contributed by atoms with Gasteiger partial charge in [-0.3, -0.25) is 4.57 Å². The molecule has 230 valence electrons. The van der Waals surface area contributed by atoms with Crippen LogP contribution in [0.15, 0.2) is 174 Å². The number of fused-ring (bicyclic) bond motifs is 4. The fourth-order valence-electron chi connectivity index (χ4n) is 6.59. The molecule has 1 aliphatic heterocycles. The van der Waals surface area contributed by atoms with E-state index in [9.17, 15) is 0 Å². The SMILES string of the molecule is Cc1ccccc1-c1ccnc(-n2c3ccccc3c3ccc(Sc4cccc(N5ON(c6ccccc6)c6ccccc65)c4)cc32)c1. The molecule has 48 heavy (non-hydrogen) atoms. The molecular formula is C42H30N4OS. The molecule has 2 aromatic heterocycles. The van der Waals surface area contributed by atoms with Crippen LogP contribution in [0.4, 0.5) is 22.7 Å². The lowest BCUT2D eigenvalue weighted by atomic mass is 10.0. The van der Waals surface area contributed by atoms with Gasteiger partial charge in [0.15, 0.2) is 0 Å². The molecule has 0 saturated carbocycles. The van der Waals surface area contributed by atoms with Crippen LogP contribution in [0.3, 0.4) is 0 Å². The minimum Gasteiger partial charge on any atom is -0.294 e. The molecule has 0 aliphatic carbocycles. The van der Waals surface area contributed by atoms with Gasteiger partial charge in [0.2, 0.25) is 0 Å². The van der Waals surface area contributed by atoms with Crippen LogP contribution in [0.1, 0.15) is 5.56 Å². The molecule has 5 nitrogen and oxygen atoms in total. The first-order chi connectivity index (χ1) is 23.7. The summed E-state index contributed by atoms with van der Waals surface area (Å²) in [6, 6.07) is 55.0. The van der Waals surface area contributed by atoms with Crippen molar-refractivity contribution in [2.24, 2.45) is 0 Å². The molecule has 0 saturated heterocycles. The quantitative estimate of drug-likeness (QED) is 0.181. The molecule has 6 heteroatoms. The molecule has 0 fully saturated rings. The minimum atomic E-state index is 0.902. The second-order valence-corrected chi connectivity index (χ2v) is 13.0. The number of aryl methyl sites for hydroxylation is 1. The van der Waals surface area contributed by atoms with Crippen molar-refractivity contribution in [2.45, 2.75) is 16.7 Å². The van der Waals surface area contributed by atoms with Gasteiger partial charge in [-0.05, 0) is 96.4 Å². The second-order valence-electron chi connectivity index (χ2n) is 11.8. The Labute approximate surface area is 283 Å². The van der Waals surface area contributed by atoms with Crippen molar-refractivity contribution in [3.8, 4) is 16.9 Å². The molecule has 0 spiro atoms. The van der Waals surface area contributed by atoms with Crippen LogP contribution < -0.4 is 10.1 Å².